The van der Waals surface area contributed by atoms with E-state index in [1.807, 2.05) is 6.07 Å². The van der Waals surface area contributed by atoms with Gasteiger partial charge >= 0.3 is 0 Å². The first-order valence-electron chi connectivity index (χ1n) is 11.0. The molecule has 2 aliphatic rings. The number of halogens is 3. The molecule has 3 aromatic rings. The van der Waals surface area contributed by atoms with E-state index in [0.29, 0.717) is 29.8 Å². The lowest BCUT2D eigenvalue weighted by Crippen LogP contribution is -2.27. The quantitative estimate of drug-likeness (QED) is 0.524. The highest BCUT2D eigenvalue weighted by atomic mass is 19.3. The Labute approximate surface area is 187 Å². The zero-order valence-electron chi connectivity index (χ0n) is 17.8. The normalized spacial score (nSPS) is 18.1. The molecule has 2 N–H and O–H groups in total. The Kier molecular flexibility index (Phi) is 5.96. The van der Waals surface area contributed by atoms with Crippen molar-refractivity contribution < 1.29 is 27.2 Å². The minimum absolute atomic E-state index is 0.0209. The topological polar surface area (TPSA) is 94.2 Å². The third kappa shape index (κ3) is 4.54. The molecule has 1 aromatic carbocycles. The third-order valence-electron chi connectivity index (χ3n) is 5.98. The Morgan fingerprint density at radius 3 is 2.70 bits per heavy atom. The SMILES string of the molecule is O=C(NCc1nc(-c2cc3c(NC4CCOCC4)cccc3n2C(F)C(F)F)no1)C1CC1. The summed E-state index contributed by atoms with van der Waals surface area (Å²) in [5.74, 6) is 0.0233. The summed E-state index contributed by atoms with van der Waals surface area (Å²) in [6.07, 6.45) is -2.49. The number of alkyl halides is 3. The van der Waals surface area contributed by atoms with Crippen LogP contribution in [-0.2, 0) is 16.1 Å². The fourth-order valence-electron chi connectivity index (χ4n) is 4.07. The molecule has 2 aromatic heterocycles. The first-order valence-corrected chi connectivity index (χ1v) is 11.0. The lowest BCUT2D eigenvalue weighted by Gasteiger charge is -2.24. The molecule has 0 radical (unpaired) electrons. The molecule has 0 spiro atoms. The van der Waals surface area contributed by atoms with Crippen LogP contribution in [0.1, 0.15) is 37.9 Å². The molecule has 1 saturated heterocycles. The highest BCUT2D eigenvalue weighted by molar-refractivity contribution is 5.96. The highest BCUT2D eigenvalue weighted by Gasteiger charge is 2.31. The fraction of sp³-hybridized carbons (Fsp3) is 0.500. The summed E-state index contributed by atoms with van der Waals surface area (Å²) in [6, 6.07) is 6.86. The number of carbonyl (C=O) groups excluding carboxylic acids is 1. The van der Waals surface area contributed by atoms with Gasteiger partial charge in [-0.25, -0.2) is 13.2 Å². The van der Waals surface area contributed by atoms with Gasteiger partial charge < -0.3 is 24.5 Å². The number of carbonyl (C=O) groups is 1. The van der Waals surface area contributed by atoms with Crippen LogP contribution in [0.3, 0.4) is 0 Å². The summed E-state index contributed by atoms with van der Waals surface area (Å²) in [5, 5.41) is 10.6. The summed E-state index contributed by atoms with van der Waals surface area (Å²) in [5.41, 5.74) is 1.08. The number of benzene rings is 1. The van der Waals surface area contributed by atoms with Crippen molar-refractivity contribution >= 4 is 22.5 Å². The average Bonchev–Trinajstić information content (AvgIpc) is 3.44. The number of hydrogen-bond donors (Lipinski definition) is 2. The Morgan fingerprint density at radius 2 is 1.97 bits per heavy atom. The number of aromatic nitrogens is 3. The summed E-state index contributed by atoms with van der Waals surface area (Å²) < 4.78 is 53.1. The second-order valence-corrected chi connectivity index (χ2v) is 8.38. The van der Waals surface area contributed by atoms with Crippen LogP contribution in [0.15, 0.2) is 28.8 Å². The molecular weight excluding hydrogens is 439 g/mol. The van der Waals surface area contributed by atoms with Gasteiger partial charge in [-0.2, -0.15) is 4.98 Å². The monoisotopic (exact) mass is 463 g/mol. The maximum Gasteiger partial charge on any atom is 0.288 e. The van der Waals surface area contributed by atoms with Crippen LogP contribution < -0.4 is 10.6 Å². The second kappa shape index (κ2) is 9.05. The number of fused-ring (bicyclic) bond motifs is 1. The number of anilines is 1. The van der Waals surface area contributed by atoms with Gasteiger partial charge in [0.15, 0.2) is 0 Å². The fourth-order valence-corrected chi connectivity index (χ4v) is 4.07. The van der Waals surface area contributed by atoms with Crippen molar-refractivity contribution in [2.24, 2.45) is 5.92 Å². The smallest absolute Gasteiger partial charge is 0.288 e. The van der Waals surface area contributed by atoms with Crippen molar-refractivity contribution in [3.05, 3.63) is 30.2 Å². The van der Waals surface area contributed by atoms with E-state index in [1.165, 1.54) is 0 Å². The van der Waals surface area contributed by atoms with Crippen molar-refractivity contribution in [1.82, 2.24) is 20.0 Å². The third-order valence-corrected chi connectivity index (χ3v) is 5.98. The van der Waals surface area contributed by atoms with Crippen molar-refractivity contribution in [2.45, 2.75) is 51.0 Å². The Morgan fingerprint density at radius 1 is 1.18 bits per heavy atom. The van der Waals surface area contributed by atoms with Gasteiger partial charge in [0, 0.05) is 36.2 Å². The van der Waals surface area contributed by atoms with E-state index >= 15 is 0 Å². The maximum atomic E-state index is 14.7. The van der Waals surface area contributed by atoms with E-state index in [9.17, 15) is 18.0 Å². The summed E-state index contributed by atoms with van der Waals surface area (Å²) in [6.45, 7) is 1.30. The van der Waals surface area contributed by atoms with Crippen LogP contribution in [-0.4, -0.2) is 46.3 Å². The average molecular weight is 463 g/mol. The van der Waals surface area contributed by atoms with Gasteiger partial charge in [-0.05, 0) is 43.9 Å². The molecule has 1 aliphatic carbocycles. The molecule has 1 atom stereocenters. The molecule has 2 fully saturated rings. The second-order valence-electron chi connectivity index (χ2n) is 8.38. The summed E-state index contributed by atoms with van der Waals surface area (Å²) in [4.78, 5) is 16.1. The molecule has 5 rings (SSSR count). The van der Waals surface area contributed by atoms with Crippen LogP contribution in [0.5, 0.6) is 0 Å². The van der Waals surface area contributed by atoms with Gasteiger partial charge in [-0.3, -0.25) is 4.79 Å². The number of nitrogens with zero attached hydrogens (tertiary/aromatic N) is 3. The molecule has 1 saturated carbocycles. The Balaban J connectivity index is 1.48. The van der Waals surface area contributed by atoms with Crippen LogP contribution in [0, 0.1) is 5.92 Å². The van der Waals surface area contributed by atoms with E-state index in [-0.39, 0.29) is 41.8 Å². The van der Waals surface area contributed by atoms with Gasteiger partial charge in [0.25, 0.3) is 6.43 Å². The first kappa shape index (κ1) is 21.7. The van der Waals surface area contributed by atoms with Gasteiger partial charge in [0.05, 0.1) is 17.8 Å². The van der Waals surface area contributed by atoms with Crippen LogP contribution in [0.2, 0.25) is 0 Å². The maximum absolute atomic E-state index is 14.7. The lowest BCUT2D eigenvalue weighted by molar-refractivity contribution is -0.122. The van der Waals surface area contributed by atoms with Gasteiger partial charge in [-0.1, -0.05) is 11.2 Å². The van der Waals surface area contributed by atoms with Crippen LogP contribution in [0.4, 0.5) is 18.9 Å². The molecule has 11 heteroatoms. The highest BCUT2D eigenvalue weighted by Crippen LogP contribution is 2.37. The largest absolute Gasteiger partial charge is 0.382 e. The summed E-state index contributed by atoms with van der Waals surface area (Å²) in [7, 11) is 0. The Hall–Kier alpha value is -3.08. The molecule has 1 amide bonds. The number of hydrogen-bond acceptors (Lipinski definition) is 6. The minimum atomic E-state index is -3.24. The standard InChI is InChI=1S/C22H24F3N5O3/c23-19(24)20(25)30-16-3-1-2-15(27-13-6-8-32-9-7-13)14(16)10-17(30)21-28-18(33-29-21)11-26-22(31)12-4-5-12/h1-3,10,12-13,19-20,27H,4-9,11H2,(H,26,31). The van der Waals surface area contributed by atoms with E-state index in [4.69, 9.17) is 9.26 Å². The number of nitrogens with one attached hydrogen (secondary N) is 2. The van der Waals surface area contributed by atoms with Crippen molar-refractivity contribution in [3.8, 4) is 11.5 Å². The molecule has 1 unspecified atom stereocenters. The van der Waals surface area contributed by atoms with Crippen molar-refractivity contribution in [1.29, 1.82) is 0 Å². The molecule has 8 nitrogen and oxygen atoms in total. The van der Waals surface area contributed by atoms with E-state index in [0.717, 1.165) is 30.3 Å². The zero-order chi connectivity index (χ0) is 22.9. The first-order chi connectivity index (χ1) is 16.0. The predicted molar refractivity (Wildman–Crippen MR) is 113 cm³/mol. The number of amides is 1. The zero-order valence-corrected chi connectivity index (χ0v) is 17.8. The Bertz CT molecular complexity index is 1140. The lowest BCUT2D eigenvalue weighted by atomic mass is 10.1. The van der Waals surface area contributed by atoms with Crippen LogP contribution in [0.25, 0.3) is 22.4 Å². The molecule has 1 aliphatic heterocycles. The van der Waals surface area contributed by atoms with Gasteiger partial charge in [-0.15, -0.1) is 0 Å². The van der Waals surface area contributed by atoms with E-state index in [1.54, 1.807) is 18.2 Å². The van der Waals surface area contributed by atoms with Gasteiger partial charge in [0.2, 0.25) is 23.9 Å². The number of ether oxygens (including phenoxy) is 1. The molecule has 3 heterocycles. The molecular formula is C22H24F3N5O3. The molecule has 33 heavy (non-hydrogen) atoms. The van der Waals surface area contributed by atoms with E-state index in [2.05, 4.69) is 20.8 Å². The molecule has 0 bridgehead atoms. The number of rotatable bonds is 8. The summed E-state index contributed by atoms with van der Waals surface area (Å²) >= 11 is 0. The minimum Gasteiger partial charge on any atom is -0.382 e. The van der Waals surface area contributed by atoms with Crippen molar-refractivity contribution in [3.63, 3.8) is 0 Å². The van der Waals surface area contributed by atoms with Gasteiger partial charge in [0.1, 0.15) is 0 Å². The van der Waals surface area contributed by atoms with E-state index < -0.39 is 12.7 Å². The molecule has 176 valence electrons. The predicted octanol–water partition coefficient (Wildman–Crippen LogP) is 4.04. The van der Waals surface area contributed by atoms with Crippen LogP contribution >= 0.6 is 0 Å². The van der Waals surface area contributed by atoms with Crippen molar-refractivity contribution in [2.75, 3.05) is 18.5 Å².